The van der Waals surface area contributed by atoms with Crippen LogP contribution in [0.2, 0.25) is 0 Å². The van der Waals surface area contributed by atoms with Crippen LogP contribution in [0.15, 0.2) is 12.1 Å². The van der Waals surface area contributed by atoms with Gasteiger partial charge in [0.05, 0.1) is 6.04 Å². The lowest BCUT2D eigenvalue weighted by molar-refractivity contribution is -0.130. The highest BCUT2D eigenvalue weighted by molar-refractivity contribution is 7.12. The van der Waals surface area contributed by atoms with E-state index in [1.54, 1.807) is 11.3 Å². The molecule has 0 radical (unpaired) electrons. The Labute approximate surface area is 125 Å². The van der Waals surface area contributed by atoms with Gasteiger partial charge in [-0.1, -0.05) is 0 Å². The zero-order valence-electron chi connectivity index (χ0n) is 13.0. The van der Waals surface area contributed by atoms with Crippen molar-refractivity contribution in [1.29, 1.82) is 0 Å². The molecule has 2 atom stereocenters. The van der Waals surface area contributed by atoms with Gasteiger partial charge in [-0.25, -0.2) is 0 Å². The van der Waals surface area contributed by atoms with Gasteiger partial charge in [-0.3, -0.25) is 10.1 Å². The minimum Gasteiger partial charge on any atom is -0.319 e. The Morgan fingerprint density at radius 2 is 2.15 bits per heavy atom. The van der Waals surface area contributed by atoms with Crippen molar-refractivity contribution in [1.82, 2.24) is 15.1 Å². The zero-order chi connectivity index (χ0) is 14.9. The molecule has 1 N–H and O–H groups in total. The second-order valence-electron chi connectivity index (χ2n) is 5.85. The summed E-state index contributed by atoms with van der Waals surface area (Å²) in [4.78, 5) is 19.1. The first-order chi connectivity index (χ1) is 9.40. The number of carbonyl (C=O) groups is 1. The molecule has 0 saturated carbocycles. The molecule has 4 nitrogen and oxygen atoms in total. The van der Waals surface area contributed by atoms with E-state index in [9.17, 15) is 4.79 Å². The van der Waals surface area contributed by atoms with Gasteiger partial charge >= 0.3 is 0 Å². The zero-order valence-corrected chi connectivity index (χ0v) is 13.8. The summed E-state index contributed by atoms with van der Waals surface area (Å²) in [6.45, 7) is 10.1. The molecule has 2 heterocycles. The van der Waals surface area contributed by atoms with Crippen molar-refractivity contribution in [3.05, 3.63) is 21.9 Å². The van der Waals surface area contributed by atoms with Crippen molar-refractivity contribution < 1.29 is 4.79 Å². The van der Waals surface area contributed by atoms with Crippen LogP contribution in [0.1, 0.15) is 36.7 Å². The number of likely N-dealkylation sites (N-methyl/N-ethyl adjacent to an activating group) is 1. The number of hydrogen-bond donors (Lipinski definition) is 1. The number of nitrogens with zero attached hydrogens (tertiary/aromatic N) is 2. The predicted octanol–water partition coefficient (Wildman–Crippen LogP) is 2.22. The minimum atomic E-state index is -0.0910. The van der Waals surface area contributed by atoms with Crippen LogP contribution in [0.4, 0.5) is 0 Å². The van der Waals surface area contributed by atoms with Gasteiger partial charge in [-0.05, 0) is 46.9 Å². The Bertz CT molecular complexity index is 471. The third-order valence-electron chi connectivity index (χ3n) is 3.98. The SMILES string of the molecule is Cc1ccc(C2NC(C)C(=O)N2CCN(C)C(C)C)s1. The molecule has 0 aromatic carbocycles. The summed E-state index contributed by atoms with van der Waals surface area (Å²) >= 11 is 1.76. The topological polar surface area (TPSA) is 35.6 Å². The standard InChI is InChI=1S/C15H25N3OS/c1-10(2)17(5)8-9-18-14(16-12(4)15(18)19)13-7-6-11(3)20-13/h6-7,10,12,14,16H,8-9H2,1-5H3. The van der Waals surface area contributed by atoms with E-state index in [0.717, 1.165) is 13.1 Å². The molecule has 2 unspecified atom stereocenters. The first-order valence-corrected chi connectivity index (χ1v) is 8.05. The first-order valence-electron chi connectivity index (χ1n) is 7.23. The second-order valence-corrected chi connectivity index (χ2v) is 7.16. The van der Waals surface area contributed by atoms with Gasteiger partial charge in [0.2, 0.25) is 5.91 Å². The Balaban J connectivity index is 2.08. The molecule has 1 aromatic heterocycles. The summed E-state index contributed by atoms with van der Waals surface area (Å²) in [5, 5.41) is 3.40. The maximum atomic E-state index is 12.3. The van der Waals surface area contributed by atoms with E-state index in [2.05, 4.69) is 50.2 Å². The highest BCUT2D eigenvalue weighted by atomic mass is 32.1. The van der Waals surface area contributed by atoms with Crippen molar-refractivity contribution in [3.63, 3.8) is 0 Å². The van der Waals surface area contributed by atoms with Gasteiger partial charge in [-0.15, -0.1) is 11.3 Å². The van der Waals surface area contributed by atoms with Gasteiger partial charge in [0.25, 0.3) is 0 Å². The lowest BCUT2D eigenvalue weighted by atomic mass is 10.3. The fourth-order valence-electron chi connectivity index (χ4n) is 2.37. The molecule has 112 valence electrons. The van der Waals surface area contributed by atoms with Gasteiger partial charge in [0.1, 0.15) is 6.17 Å². The fraction of sp³-hybridized carbons (Fsp3) is 0.667. The molecule has 1 fully saturated rings. The van der Waals surface area contributed by atoms with Crippen LogP contribution in [0, 0.1) is 6.92 Å². The molecule has 20 heavy (non-hydrogen) atoms. The summed E-state index contributed by atoms with van der Waals surface area (Å²) in [5.74, 6) is 0.207. The highest BCUT2D eigenvalue weighted by Gasteiger charge is 2.37. The normalized spacial score (nSPS) is 23.4. The van der Waals surface area contributed by atoms with Crippen LogP contribution in [0.3, 0.4) is 0 Å². The average Bonchev–Trinajstić information content (AvgIpc) is 2.93. The molecule has 5 heteroatoms. The van der Waals surface area contributed by atoms with Crippen molar-refractivity contribution in [2.75, 3.05) is 20.1 Å². The molecule has 0 bridgehead atoms. The smallest absolute Gasteiger partial charge is 0.241 e. The number of thiophene rings is 1. The Hall–Kier alpha value is -0.910. The molecule has 0 spiro atoms. The van der Waals surface area contributed by atoms with Crippen LogP contribution in [0.25, 0.3) is 0 Å². The lowest BCUT2D eigenvalue weighted by Crippen LogP contribution is -2.39. The third-order valence-corrected chi connectivity index (χ3v) is 5.03. The van der Waals surface area contributed by atoms with Crippen molar-refractivity contribution in [2.45, 2.75) is 45.9 Å². The maximum absolute atomic E-state index is 12.3. The van der Waals surface area contributed by atoms with E-state index < -0.39 is 0 Å². The molecular weight excluding hydrogens is 270 g/mol. The quantitative estimate of drug-likeness (QED) is 0.905. The third kappa shape index (κ3) is 3.22. The molecular formula is C15H25N3OS. The van der Waals surface area contributed by atoms with Crippen LogP contribution in [-0.2, 0) is 4.79 Å². The number of hydrogen-bond acceptors (Lipinski definition) is 4. The summed E-state index contributed by atoms with van der Waals surface area (Å²) in [5.41, 5.74) is 0. The van der Waals surface area contributed by atoms with E-state index in [4.69, 9.17) is 0 Å². The molecule has 1 aliphatic heterocycles. The van der Waals surface area contributed by atoms with Crippen LogP contribution >= 0.6 is 11.3 Å². The molecule has 0 aliphatic carbocycles. The number of amides is 1. The van der Waals surface area contributed by atoms with Crippen molar-refractivity contribution in [3.8, 4) is 0 Å². The van der Waals surface area contributed by atoms with E-state index in [1.165, 1.54) is 9.75 Å². The predicted molar refractivity (Wildman–Crippen MR) is 83.9 cm³/mol. The summed E-state index contributed by atoms with van der Waals surface area (Å²) in [6.07, 6.45) is 0.0387. The minimum absolute atomic E-state index is 0.0387. The molecule has 1 aliphatic rings. The summed E-state index contributed by atoms with van der Waals surface area (Å²) in [6, 6.07) is 4.66. The summed E-state index contributed by atoms with van der Waals surface area (Å²) < 4.78 is 0. The van der Waals surface area contributed by atoms with E-state index in [-0.39, 0.29) is 18.1 Å². The Kier molecular flexibility index (Phi) is 4.83. The van der Waals surface area contributed by atoms with Crippen LogP contribution in [-0.4, -0.2) is 47.9 Å². The largest absolute Gasteiger partial charge is 0.319 e. The van der Waals surface area contributed by atoms with Crippen molar-refractivity contribution in [2.24, 2.45) is 0 Å². The van der Waals surface area contributed by atoms with E-state index in [1.807, 2.05) is 11.8 Å². The Morgan fingerprint density at radius 1 is 1.45 bits per heavy atom. The van der Waals surface area contributed by atoms with Crippen LogP contribution < -0.4 is 5.32 Å². The highest BCUT2D eigenvalue weighted by Crippen LogP contribution is 2.30. The van der Waals surface area contributed by atoms with E-state index in [0.29, 0.717) is 6.04 Å². The van der Waals surface area contributed by atoms with Crippen LogP contribution in [0.5, 0.6) is 0 Å². The van der Waals surface area contributed by atoms with Gasteiger partial charge in [-0.2, -0.15) is 0 Å². The second kappa shape index (κ2) is 6.24. The van der Waals surface area contributed by atoms with Gasteiger partial charge < -0.3 is 9.80 Å². The molecule has 1 saturated heterocycles. The first kappa shape index (κ1) is 15.5. The maximum Gasteiger partial charge on any atom is 0.241 e. The van der Waals surface area contributed by atoms with E-state index >= 15 is 0 Å². The van der Waals surface area contributed by atoms with Crippen molar-refractivity contribution >= 4 is 17.2 Å². The molecule has 1 amide bonds. The molecule has 2 rings (SSSR count). The number of aryl methyl sites for hydroxylation is 1. The lowest BCUT2D eigenvalue weighted by Gasteiger charge is -2.28. The molecule has 1 aromatic rings. The average molecular weight is 295 g/mol. The van der Waals surface area contributed by atoms with Gasteiger partial charge in [0.15, 0.2) is 0 Å². The monoisotopic (exact) mass is 295 g/mol. The number of rotatable bonds is 5. The number of carbonyl (C=O) groups excluding carboxylic acids is 1. The fourth-order valence-corrected chi connectivity index (χ4v) is 3.32. The number of nitrogens with one attached hydrogen (secondary N) is 1. The summed E-state index contributed by atoms with van der Waals surface area (Å²) in [7, 11) is 2.10. The van der Waals surface area contributed by atoms with Gasteiger partial charge in [0, 0.05) is 28.9 Å². The Morgan fingerprint density at radius 3 is 2.70 bits per heavy atom.